The third-order valence-corrected chi connectivity index (χ3v) is 5.61. The number of nitrogens with zero attached hydrogens (tertiary/aromatic N) is 2. The first kappa shape index (κ1) is 30.0. The van der Waals surface area contributed by atoms with Gasteiger partial charge < -0.3 is 26.4 Å². The van der Waals surface area contributed by atoms with Gasteiger partial charge in [-0.2, -0.15) is 0 Å². The van der Waals surface area contributed by atoms with E-state index in [1.54, 1.807) is 6.92 Å². The molecular weight excluding hydrogens is 492 g/mol. The maximum Gasteiger partial charge on any atom is 0.408 e. The summed E-state index contributed by atoms with van der Waals surface area (Å²) in [5.41, 5.74) is 6.04. The Kier molecular flexibility index (Phi) is 11.9. The Hall–Kier alpha value is -4.22. The molecule has 5 N–H and O–H groups in total. The third kappa shape index (κ3) is 9.68. The van der Waals surface area contributed by atoms with Crippen LogP contribution in [0.2, 0.25) is 0 Å². The molecule has 38 heavy (non-hydrogen) atoms. The topological polar surface area (TPSA) is 175 Å². The first-order valence-electron chi connectivity index (χ1n) is 12.5. The molecule has 12 nitrogen and oxygen atoms in total. The van der Waals surface area contributed by atoms with E-state index in [0.29, 0.717) is 12.8 Å². The summed E-state index contributed by atoms with van der Waals surface area (Å²) in [6.07, 6.45) is 1.36. The number of Topliss-reactive ketones (excluding diaryl/α,β-unsaturated/α-hetero) is 1. The first-order valence-corrected chi connectivity index (χ1v) is 12.5. The van der Waals surface area contributed by atoms with Crippen LogP contribution in [0, 0.1) is 5.92 Å². The summed E-state index contributed by atoms with van der Waals surface area (Å²) in [6, 6.07) is 8.57. The number of hydrogen-bond acceptors (Lipinski definition) is 8. The van der Waals surface area contributed by atoms with E-state index >= 15 is 0 Å². The summed E-state index contributed by atoms with van der Waals surface area (Å²) in [5, 5.41) is 7.63. The highest BCUT2D eigenvalue weighted by Crippen LogP contribution is 2.08. The predicted octanol–water partition coefficient (Wildman–Crippen LogP) is 1.14. The molecule has 12 heteroatoms. The van der Waals surface area contributed by atoms with E-state index in [4.69, 9.17) is 10.5 Å². The van der Waals surface area contributed by atoms with Crippen LogP contribution in [0.5, 0.6) is 0 Å². The average molecular weight is 529 g/mol. The number of benzene rings is 1. The predicted molar refractivity (Wildman–Crippen MR) is 141 cm³/mol. The zero-order valence-corrected chi connectivity index (χ0v) is 21.9. The maximum absolute atomic E-state index is 13.0. The fourth-order valence-electron chi connectivity index (χ4n) is 3.59. The number of ether oxygens (including phenoxy) is 1. The molecule has 0 aliphatic carbocycles. The van der Waals surface area contributed by atoms with Crippen LogP contribution in [0.15, 0.2) is 47.4 Å². The Labute approximate surface area is 221 Å². The number of amides is 3. The Balaban J connectivity index is 1.88. The van der Waals surface area contributed by atoms with Crippen molar-refractivity contribution in [3.8, 4) is 0 Å². The van der Waals surface area contributed by atoms with Gasteiger partial charge in [-0.15, -0.1) is 0 Å². The van der Waals surface area contributed by atoms with Gasteiger partial charge in [0.2, 0.25) is 11.7 Å². The summed E-state index contributed by atoms with van der Waals surface area (Å²) in [6.45, 7) is 5.80. The molecule has 0 saturated heterocycles. The number of nitrogen functional groups attached to an aromatic ring is 1. The molecule has 0 radical (unpaired) electrons. The zero-order chi connectivity index (χ0) is 28.1. The average Bonchev–Trinajstić information content (AvgIpc) is 2.89. The second kappa shape index (κ2) is 15.1. The lowest BCUT2D eigenvalue weighted by molar-refractivity contribution is -0.140. The van der Waals surface area contributed by atoms with Crippen LogP contribution in [-0.2, 0) is 32.3 Å². The van der Waals surface area contributed by atoms with Crippen LogP contribution in [0.25, 0.3) is 0 Å². The number of hydrogen-bond donors (Lipinski definition) is 4. The van der Waals surface area contributed by atoms with E-state index < -0.39 is 41.5 Å². The minimum absolute atomic E-state index is 0.0426. The van der Waals surface area contributed by atoms with Crippen LogP contribution in [0.4, 0.5) is 10.6 Å². The number of carbonyl (C=O) groups is 4. The Bertz CT molecular complexity index is 1150. The van der Waals surface area contributed by atoms with Crippen molar-refractivity contribution in [3.63, 3.8) is 0 Å². The van der Waals surface area contributed by atoms with Gasteiger partial charge in [0, 0.05) is 19.3 Å². The molecule has 2 atom stereocenters. The highest BCUT2D eigenvalue weighted by Gasteiger charge is 2.29. The van der Waals surface area contributed by atoms with Crippen molar-refractivity contribution in [2.45, 2.75) is 65.3 Å². The molecule has 3 amide bonds. The second-order valence-corrected chi connectivity index (χ2v) is 9.14. The van der Waals surface area contributed by atoms with Crippen molar-refractivity contribution >= 4 is 29.5 Å². The summed E-state index contributed by atoms with van der Waals surface area (Å²) in [4.78, 5) is 65.8. The maximum atomic E-state index is 13.0. The highest BCUT2D eigenvalue weighted by atomic mass is 16.5. The van der Waals surface area contributed by atoms with Crippen LogP contribution < -0.4 is 27.4 Å². The lowest BCUT2D eigenvalue weighted by Crippen LogP contribution is -2.54. The van der Waals surface area contributed by atoms with E-state index in [2.05, 4.69) is 20.9 Å². The molecule has 0 fully saturated rings. The van der Waals surface area contributed by atoms with Gasteiger partial charge in [0.05, 0.1) is 6.04 Å². The van der Waals surface area contributed by atoms with E-state index in [9.17, 15) is 24.0 Å². The summed E-state index contributed by atoms with van der Waals surface area (Å²) in [5.74, 6) is -1.96. The lowest BCUT2D eigenvalue weighted by Gasteiger charge is -2.23. The van der Waals surface area contributed by atoms with E-state index in [0.717, 1.165) is 5.56 Å². The molecule has 1 aromatic heterocycles. The van der Waals surface area contributed by atoms with Crippen molar-refractivity contribution in [1.29, 1.82) is 0 Å². The molecule has 0 aliphatic rings. The molecule has 0 bridgehead atoms. The summed E-state index contributed by atoms with van der Waals surface area (Å²) in [7, 11) is 0. The van der Waals surface area contributed by atoms with Gasteiger partial charge in [-0.1, -0.05) is 51.1 Å². The van der Waals surface area contributed by atoms with Gasteiger partial charge in [-0.25, -0.2) is 14.6 Å². The minimum Gasteiger partial charge on any atom is -0.445 e. The van der Waals surface area contributed by atoms with Gasteiger partial charge in [-0.05, 0) is 36.8 Å². The van der Waals surface area contributed by atoms with E-state index in [1.807, 2.05) is 44.2 Å². The van der Waals surface area contributed by atoms with E-state index in [-0.39, 0.29) is 37.9 Å². The van der Waals surface area contributed by atoms with Gasteiger partial charge in [-0.3, -0.25) is 19.0 Å². The van der Waals surface area contributed by atoms with Gasteiger partial charge >= 0.3 is 11.8 Å². The van der Waals surface area contributed by atoms with Crippen molar-refractivity contribution < 1.29 is 23.9 Å². The normalized spacial score (nSPS) is 12.3. The van der Waals surface area contributed by atoms with Crippen molar-refractivity contribution in [1.82, 2.24) is 25.5 Å². The number of nitrogens with one attached hydrogen (secondary N) is 3. The quantitative estimate of drug-likeness (QED) is 0.208. The standard InChI is InChI=1S/C26H36N6O6/c1-4-19(22(33)24(35)28-12-8-14-32-21(27)11-13-29-25(32)36)30-23(34)20(15-17(2)3)31-26(37)38-16-18-9-6-5-7-10-18/h5-7,9-11,13,17,19-20H,4,8,12,14-16,27H2,1-3H3,(H,28,35)(H,30,34)(H,31,37)/t19-,20-/m0/s1. The zero-order valence-electron chi connectivity index (χ0n) is 21.9. The molecule has 0 saturated carbocycles. The number of carbonyl (C=O) groups excluding carboxylic acids is 4. The van der Waals surface area contributed by atoms with Crippen molar-refractivity contribution in [3.05, 3.63) is 58.6 Å². The molecule has 0 spiro atoms. The Morgan fingerprint density at radius 2 is 1.76 bits per heavy atom. The number of aromatic nitrogens is 2. The van der Waals surface area contributed by atoms with Crippen molar-refractivity contribution in [2.24, 2.45) is 5.92 Å². The molecule has 0 unspecified atom stereocenters. The summed E-state index contributed by atoms with van der Waals surface area (Å²) >= 11 is 0. The molecule has 2 aromatic rings. The highest BCUT2D eigenvalue weighted by molar-refractivity contribution is 6.38. The van der Waals surface area contributed by atoms with Crippen LogP contribution in [-0.4, -0.2) is 51.9 Å². The molecule has 2 rings (SSSR count). The Morgan fingerprint density at radius 1 is 1.05 bits per heavy atom. The smallest absolute Gasteiger partial charge is 0.408 e. The number of nitrogens with two attached hydrogens (primary N) is 1. The summed E-state index contributed by atoms with van der Waals surface area (Å²) < 4.78 is 6.47. The largest absolute Gasteiger partial charge is 0.445 e. The van der Waals surface area contributed by atoms with Gasteiger partial charge in [0.15, 0.2) is 0 Å². The van der Waals surface area contributed by atoms with Gasteiger partial charge in [0.1, 0.15) is 18.5 Å². The number of rotatable bonds is 14. The van der Waals surface area contributed by atoms with E-state index in [1.165, 1.54) is 16.8 Å². The fourth-order valence-corrected chi connectivity index (χ4v) is 3.59. The van der Waals surface area contributed by atoms with Crippen LogP contribution >= 0.6 is 0 Å². The SMILES string of the molecule is CC[C@H](NC(=O)[C@H](CC(C)C)NC(=O)OCc1ccccc1)C(=O)C(=O)NCCCn1c(N)ccnc1=O. The monoisotopic (exact) mass is 528 g/mol. The lowest BCUT2D eigenvalue weighted by atomic mass is 10.0. The molecule has 0 aliphatic heterocycles. The first-order chi connectivity index (χ1) is 18.1. The number of anilines is 1. The minimum atomic E-state index is -1.07. The van der Waals surface area contributed by atoms with Crippen LogP contribution in [0.1, 0.15) is 45.6 Å². The molecule has 1 heterocycles. The number of alkyl carbamates (subject to hydrolysis) is 1. The fraction of sp³-hybridized carbons (Fsp3) is 0.462. The van der Waals surface area contributed by atoms with Gasteiger partial charge in [0.25, 0.3) is 5.91 Å². The molecule has 206 valence electrons. The third-order valence-electron chi connectivity index (χ3n) is 5.61. The van der Waals surface area contributed by atoms with Crippen molar-refractivity contribution in [2.75, 3.05) is 12.3 Å². The Morgan fingerprint density at radius 3 is 2.39 bits per heavy atom. The number of ketones is 1. The van der Waals surface area contributed by atoms with Crippen LogP contribution in [0.3, 0.4) is 0 Å². The second-order valence-electron chi connectivity index (χ2n) is 9.14. The molecule has 1 aromatic carbocycles. The molecular formula is C26H36N6O6.